The average Bonchev–Trinajstić information content (AvgIpc) is 2.98. The Labute approximate surface area is 118 Å². The van der Waals surface area contributed by atoms with E-state index in [1.54, 1.807) is 6.07 Å². The minimum atomic E-state index is -0.311. The topological polar surface area (TPSA) is 102 Å². The van der Waals surface area contributed by atoms with Gasteiger partial charge in [-0.25, -0.2) is 0 Å². The van der Waals surface area contributed by atoms with E-state index in [4.69, 9.17) is 21.1 Å². The molecule has 1 aliphatic heterocycles. The first-order valence-corrected chi connectivity index (χ1v) is 6.21. The molecule has 0 saturated carbocycles. The molecule has 2 N–H and O–H groups in total. The van der Waals surface area contributed by atoms with Gasteiger partial charge in [-0.3, -0.25) is 4.79 Å². The second-order valence-corrected chi connectivity index (χ2v) is 4.40. The van der Waals surface area contributed by atoms with E-state index in [2.05, 4.69) is 25.9 Å². The zero-order chi connectivity index (χ0) is 13.9. The summed E-state index contributed by atoms with van der Waals surface area (Å²) in [4.78, 5) is 12.0. The molecule has 0 fully saturated rings. The summed E-state index contributed by atoms with van der Waals surface area (Å²) in [6, 6.07) is 3.12. The van der Waals surface area contributed by atoms with Gasteiger partial charge in [0, 0.05) is 5.56 Å². The second kappa shape index (κ2) is 5.33. The number of ether oxygens (including phenoxy) is 2. The van der Waals surface area contributed by atoms with Gasteiger partial charge >= 0.3 is 0 Å². The van der Waals surface area contributed by atoms with Crippen molar-refractivity contribution in [2.24, 2.45) is 0 Å². The molecule has 0 spiro atoms. The predicted octanol–water partition coefficient (Wildman–Crippen LogP) is 0.554. The van der Waals surface area contributed by atoms with Crippen LogP contribution in [0.25, 0.3) is 0 Å². The number of tetrazole rings is 1. The number of halogens is 1. The number of hydrogen-bond donors (Lipinski definition) is 2. The molecule has 104 valence electrons. The number of carbonyl (C=O) groups excluding carboxylic acids is 1. The van der Waals surface area contributed by atoms with Gasteiger partial charge in [-0.1, -0.05) is 16.8 Å². The van der Waals surface area contributed by atoms with Crippen molar-refractivity contribution in [3.63, 3.8) is 0 Å². The van der Waals surface area contributed by atoms with Gasteiger partial charge in [0.25, 0.3) is 5.91 Å². The highest BCUT2D eigenvalue weighted by Crippen LogP contribution is 2.38. The number of H-pyrrole nitrogens is 1. The number of nitrogens with one attached hydrogen (secondary N) is 2. The molecule has 0 unspecified atom stereocenters. The van der Waals surface area contributed by atoms with Crippen molar-refractivity contribution in [3.8, 4) is 11.5 Å². The molecular weight excluding hydrogens is 286 g/mol. The van der Waals surface area contributed by atoms with Gasteiger partial charge in [-0.2, -0.15) is 5.21 Å². The van der Waals surface area contributed by atoms with Crippen LogP contribution >= 0.6 is 11.6 Å². The summed E-state index contributed by atoms with van der Waals surface area (Å²) < 4.78 is 10.8. The third-order valence-corrected chi connectivity index (χ3v) is 2.94. The maximum absolute atomic E-state index is 12.0. The summed E-state index contributed by atoms with van der Waals surface area (Å²) in [5.74, 6) is 1.01. The Morgan fingerprint density at radius 1 is 1.40 bits per heavy atom. The molecular formula is C11H10ClN5O3. The number of rotatable bonds is 3. The summed E-state index contributed by atoms with van der Waals surface area (Å²) in [5.41, 5.74) is 0.378. The minimum Gasteiger partial charge on any atom is -0.486 e. The molecule has 9 heteroatoms. The second-order valence-electron chi connectivity index (χ2n) is 3.99. The Balaban J connectivity index is 1.76. The molecule has 1 aromatic heterocycles. The van der Waals surface area contributed by atoms with Crippen molar-refractivity contribution in [1.29, 1.82) is 0 Å². The van der Waals surface area contributed by atoms with Crippen LogP contribution in [0.2, 0.25) is 5.02 Å². The largest absolute Gasteiger partial charge is 0.486 e. The Hall–Kier alpha value is -2.35. The van der Waals surface area contributed by atoms with Crippen LogP contribution in [0.3, 0.4) is 0 Å². The lowest BCUT2D eigenvalue weighted by Crippen LogP contribution is -2.24. The fourth-order valence-corrected chi connectivity index (χ4v) is 2.03. The van der Waals surface area contributed by atoms with E-state index < -0.39 is 0 Å². The van der Waals surface area contributed by atoms with Crippen LogP contribution in [-0.4, -0.2) is 39.7 Å². The molecule has 8 nitrogen and oxygen atoms in total. The van der Waals surface area contributed by atoms with E-state index in [1.807, 2.05) is 0 Å². The smallest absolute Gasteiger partial charge is 0.251 e. The van der Waals surface area contributed by atoms with Gasteiger partial charge in [0.15, 0.2) is 17.3 Å². The zero-order valence-corrected chi connectivity index (χ0v) is 11.0. The van der Waals surface area contributed by atoms with Crippen molar-refractivity contribution in [2.75, 3.05) is 13.2 Å². The molecule has 1 amide bonds. The summed E-state index contributed by atoms with van der Waals surface area (Å²) in [7, 11) is 0. The third kappa shape index (κ3) is 2.50. The van der Waals surface area contributed by atoms with Crippen LogP contribution in [0, 0.1) is 0 Å². The van der Waals surface area contributed by atoms with Crippen molar-refractivity contribution in [1.82, 2.24) is 25.9 Å². The van der Waals surface area contributed by atoms with E-state index >= 15 is 0 Å². The number of aromatic amines is 1. The van der Waals surface area contributed by atoms with Gasteiger partial charge in [0.05, 0.1) is 11.6 Å². The minimum absolute atomic E-state index is 0.168. The van der Waals surface area contributed by atoms with Crippen molar-refractivity contribution in [3.05, 3.63) is 28.5 Å². The van der Waals surface area contributed by atoms with Gasteiger partial charge in [0.2, 0.25) is 0 Å². The summed E-state index contributed by atoms with van der Waals surface area (Å²) in [5, 5.41) is 16.2. The number of carbonyl (C=O) groups is 1. The highest BCUT2D eigenvalue weighted by Gasteiger charge is 2.19. The highest BCUT2D eigenvalue weighted by atomic mass is 35.5. The number of hydrogen-bond acceptors (Lipinski definition) is 6. The first-order chi connectivity index (χ1) is 9.74. The van der Waals surface area contributed by atoms with Gasteiger partial charge in [-0.15, -0.1) is 10.2 Å². The molecule has 3 rings (SSSR count). The number of nitrogens with zero attached hydrogens (tertiary/aromatic N) is 3. The maximum atomic E-state index is 12.0. The summed E-state index contributed by atoms with van der Waals surface area (Å²) in [6.45, 7) is 1.04. The third-order valence-electron chi connectivity index (χ3n) is 2.66. The predicted molar refractivity (Wildman–Crippen MR) is 67.8 cm³/mol. The van der Waals surface area contributed by atoms with Crippen LogP contribution in [0.5, 0.6) is 11.5 Å². The van der Waals surface area contributed by atoms with Crippen molar-refractivity contribution >= 4 is 17.5 Å². The van der Waals surface area contributed by atoms with Gasteiger partial charge in [0.1, 0.15) is 13.2 Å². The Kier molecular flexibility index (Phi) is 3.38. The standard InChI is InChI=1S/C11H10ClN5O3/c12-7-3-6(4-8-10(7)20-2-1-19-8)11(18)13-5-9-14-16-17-15-9/h3-4H,1-2,5H2,(H,13,18)(H,14,15,16,17). The van der Waals surface area contributed by atoms with Crippen LogP contribution in [0.1, 0.15) is 16.2 Å². The summed E-state index contributed by atoms with van der Waals surface area (Å²) >= 11 is 6.07. The normalized spacial score (nSPS) is 13.1. The first kappa shape index (κ1) is 12.7. The van der Waals surface area contributed by atoms with Crippen LogP contribution in [-0.2, 0) is 6.54 Å². The van der Waals surface area contributed by atoms with Crippen LogP contribution in [0.15, 0.2) is 12.1 Å². The monoisotopic (exact) mass is 295 g/mol. The van der Waals surface area contributed by atoms with Crippen molar-refractivity contribution in [2.45, 2.75) is 6.54 Å². The molecule has 0 saturated heterocycles. The fourth-order valence-electron chi connectivity index (χ4n) is 1.76. The molecule has 1 aromatic carbocycles. The van der Waals surface area contributed by atoms with Crippen LogP contribution < -0.4 is 14.8 Å². The molecule has 2 aromatic rings. The molecule has 1 aliphatic rings. The molecule has 0 bridgehead atoms. The first-order valence-electron chi connectivity index (χ1n) is 5.83. The average molecular weight is 296 g/mol. The molecule has 0 atom stereocenters. The number of benzene rings is 1. The SMILES string of the molecule is O=C(NCc1nn[nH]n1)c1cc(Cl)c2c(c1)OCCO2. The number of amides is 1. The van der Waals surface area contributed by atoms with Crippen LogP contribution in [0.4, 0.5) is 0 Å². The van der Waals surface area contributed by atoms with Gasteiger partial charge < -0.3 is 14.8 Å². The van der Waals surface area contributed by atoms with Gasteiger partial charge in [-0.05, 0) is 12.1 Å². The lowest BCUT2D eigenvalue weighted by Gasteiger charge is -2.20. The number of fused-ring (bicyclic) bond motifs is 1. The lowest BCUT2D eigenvalue weighted by molar-refractivity contribution is 0.0948. The molecule has 0 aliphatic carbocycles. The van der Waals surface area contributed by atoms with E-state index in [-0.39, 0.29) is 12.5 Å². The van der Waals surface area contributed by atoms with Crippen molar-refractivity contribution < 1.29 is 14.3 Å². The molecule has 20 heavy (non-hydrogen) atoms. The highest BCUT2D eigenvalue weighted by molar-refractivity contribution is 6.32. The Bertz CT molecular complexity index is 631. The fraction of sp³-hybridized carbons (Fsp3) is 0.273. The molecule has 0 radical (unpaired) electrons. The van der Waals surface area contributed by atoms with E-state index in [1.165, 1.54) is 6.07 Å². The summed E-state index contributed by atoms with van der Waals surface area (Å²) in [6.07, 6.45) is 0. The van der Waals surface area contributed by atoms with E-state index in [0.717, 1.165) is 0 Å². The van der Waals surface area contributed by atoms with E-state index in [9.17, 15) is 4.79 Å². The van der Waals surface area contributed by atoms with E-state index in [0.29, 0.717) is 41.1 Å². The number of aromatic nitrogens is 4. The quantitative estimate of drug-likeness (QED) is 0.857. The zero-order valence-electron chi connectivity index (χ0n) is 10.2. The maximum Gasteiger partial charge on any atom is 0.251 e. The lowest BCUT2D eigenvalue weighted by atomic mass is 10.2. The molecule has 2 heterocycles. The Morgan fingerprint density at radius 3 is 3.05 bits per heavy atom. The Morgan fingerprint density at radius 2 is 2.25 bits per heavy atom.